The molecule has 0 spiro atoms. The van der Waals surface area contributed by atoms with Crippen molar-refractivity contribution in [3.63, 3.8) is 0 Å². The van der Waals surface area contributed by atoms with Crippen molar-refractivity contribution in [1.29, 1.82) is 0 Å². The lowest BCUT2D eigenvalue weighted by Gasteiger charge is -2.43. The van der Waals surface area contributed by atoms with E-state index in [0.717, 1.165) is 6.54 Å². The molecule has 1 heterocycles. The minimum absolute atomic E-state index is 0.410. The van der Waals surface area contributed by atoms with E-state index in [1.54, 1.807) is 0 Å². The molecule has 2 atom stereocenters. The van der Waals surface area contributed by atoms with Crippen LogP contribution in [0.15, 0.2) is 0 Å². The number of nitrogens with zero attached hydrogens (tertiary/aromatic N) is 2. The highest BCUT2D eigenvalue weighted by Crippen LogP contribution is 2.25. The van der Waals surface area contributed by atoms with Gasteiger partial charge in [0.05, 0.1) is 0 Å². The Hall–Kier alpha value is -0.120. The molecule has 3 nitrogen and oxygen atoms in total. The third-order valence-electron chi connectivity index (χ3n) is 4.65. The minimum atomic E-state index is 0.410. The van der Waals surface area contributed by atoms with Gasteiger partial charge in [0.15, 0.2) is 0 Å². The smallest absolute Gasteiger partial charge is 0.0195 e. The highest BCUT2D eigenvalue weighted by molar-refractivity contribution is 4.86. The van der Waals surface area contributed by atoms with E-state index in [0.29, 0.717) is 17.5 Å². The van der Waals surface area contributed by atoms with Gasteiger partial charge < -0.3 is 5.32 Å². The Labute approximate surface area is 127 Å². The molecule has 1 fully saturated rings. The Morgan fingerprint density at radius 1 is 1.25 bits per heavy atom. The van der Waals surface area contributed by atoms with E-state index in [2.05, 4.69) is 56.7 Å². The predicted molar refractivity (Wildman–Crippen MR) is 89.3 cm³/mol. The monoisotopic (exact) mass is 283 g/mol. The Morgan fingerprint density at radius 3 is 2.45 bits per heavy atom. The Balaban J connectivity index is 2.52. The van der Waals surface area contributed by atoms with Crippen LogP contribution in [-0.2, 0) is 0 Å². The minimum Gasteiger partial charge on any atom is -0.314 e. The first kappa shape index (κ1) is 17.9. The fourth-order valence-electron chi connectivity index (χ4n) is 3.50. The summed E-state index contributed by atoms with van der Waals surface area (Å²) in [6.45, 7) is 21.2. The van der Waals surface area contributed by atoms with Crippen LogP contribution in [0.2, 0.25) is 0 Å². The van der Waals surface area contributed by atoms with Crippen molar-refractivity contribution in [2.24, 2.45) is 5.41 Å². The lowest BCUT2D eigenvalue weighted by molar-refractivity contribution is 0.0544. The number of nitrogens with one attached hydrogen (secondary N) is 1. The van der Waals surface area contributed by atoms with Crippen LogP contribution < -0.4 is 5.32 Å². The molecular formula is C17H37N3. The number of hydrogen-bond donors (Lipinski definition) is 1. The second-order valence-electron chi connectivity index (χ2n) is 7.31. The van der Waals surface area contributed by atoms with Gasteiger partial charge in [-0.1, -0.05) is 41.0 Å². The maximum Gasteiger partial charge on any atom is 0.0195 e. The molecule has 2 unspecified atom stereocenters. The van der Waals surface area contributed by atoms with Crippen molar-refractivity contribution >= 4 is 0 Å². The van der Waals surface area contributed by atoms with Crippen molar-refractivity contribution in [2.75, 3.05) is 39.3 Å². The van der Waals surface area contributed by atoms with Crippen molar-refractivity contribution in [2.45, 2.75) is 66.5 Å². The van der Waals surface area contributed by atoms with Gasteiger partial charge in [-0.15, -0.1) is 0 Å². The lowest BCUT2D eigenvalue weighted by Crippen LogP contribution is -2.55. The Bertz CT molecular complexity index is 267. The number of piperazine rings is 1. The first-order valence-electron chi connectivity index (χ1n) is 8.60. The van der Waals surface area contributed by atoms with Gasteiger partial charge >= 0.3 is 0 Å². The molecular weight excluding hydrogens is 246 g/mol. The van der Waals surface area contributed by atoms with E-state index in [1.165, 1.54) is 45.6 Å². The zero-order valence-corrected chi connectivity index (χ0v) is 14.7. The third kappa shape index (κ3) is 5.71. The van der Waals surface area contributed by atoms with Crippen LogP contribution in [0.5, 0.6) is 0 Å². The zero-order valence-electron chi connectivity index (χ0n) is 14.7. The molecule has 0 saturated carbocycles. The normalized spacial score (nSPS) is 25.1. The average molecular weight is 284 g/mol. The van der Waals surface area contributed by atoms with E-state index >= 15 is 0 Å². The van der Waals surface area contributed by atoms with E-state index < -0.39 is 0 Å². The largest absolute Gasteiger partial charge is 0.314 e. The lowest BCUT2D eigenvalue weighted by atomic mass is 9.84. The Morgan fingerprint density at radius 2 is 1.95 bits per heavy atom. The van der Waals surface area contributed by atoms with Gasteiger partial charge in [-0.2, -0.15) is 0 Å². The first-order chi connectivity index (χ1) is 9.40. The number of rotatable bonds is 8. The summed E-state index contributed by atoms with van der Waals surface area (Å²) < 4.78 is 0. The predicted octanol–water partition coefficient (Wildman–Crippen LogP) is 2.82. The number of hydrogen-bond acceptors (Lipinski definition) is 3. The molecule has 0 radical (unpaired) electrons. The summed E-state index contributed by atoms with van der Waals surface area (Å²) in [6.07, 6.45) is 2.59. The van der Waals surface area contributed by atoms with E-state index in [-0.39, 0.29) is 0 Å². The molecule has 0 aromatic rings. The van der Waals surface area contributed by atoms with Gasteiger partial charge in [-0.3, -0.25) is 9.80 Å². The van der Waals surface area contributed by atoms with Crippen LogP contribution in [0.3, 0.4) is 0 Å². The van der Waals surface area contributed by atoms with Crippen LogP contribution in [0.1, 0.15) is 54.4 Å². The van der Waals surface area contributed by atoms with E-state index in [9.17, 15) is 0 Å². The van der Waals surface area contributed by atoms with Crippen LogP contribution in [0.4, 0.5) is 0 Å². The van der Waals surface area contributed by atoms with Crippen molar-refractivity contribution in [3.05, 3.63) is 0 Å². The molecule has 1 saturated heterocycles. The summed E-state index contributed by atoms with van der Waals surface area (Å²) in [5.74, 6) is 0. The van der Waals surface area contributed by atoms with Crippen molar-refractivity contribution in [1.82, 2.24) is 15.1 Å². The Kier molecular flexibility index (Phi) is 7.49. The van der Waals surface area contributed by atoms with Crippen LogP contribution >= 0.6 is 0 Å². The van der Waals surface area contributed by atoms with Crippen molar-refractivity contribution < 1.29 is 0 Å². The molecule has 1 aliphatic rings. The van der Waals surface area contributed by atoms with Crippen molar-refractivity contribution in [3.8, 4) is 0 Å². The fourth-order valence-corrected chi connectivity index (χ4v) is 3.50. The molecule has 20 heavy (non-hydrogen) atoms. The highest BCUT2D eigenvalue weighted by atomic mass is 15.3. The van der Waals surface area contributed by atoms with Gasteiger partial charge in [-0.25, -0.2) is 0 Å². The first-order valence-corrected chi connectivity index (χ1v) is 8.60. The summed E-state index contributed by atoms with van der Waals surface area (Å²) >= 11 is 0. The maximum atomic E-state index is 3.65. The second kappa shape index (κ2) is 8.35. The van der Waals surface area contributed by atoms with Crippen LogP contribution in [0.25, 0.3) is 0 Å². The zero-order chi connectivity index (χ0) is 15.2. The van der Waals surface area contributed by atoms with Gasteiger partial charge in [-0.05, 0) is 25.3 Å². The summed E-state index contributed by atoms with van der Waals surface area (Å²) in [5.41, 5.74) is 0.410. The SMILES string of the molecule is CCCC(C)(CNC(C)C)CN1CCN(CC)C(C)C1. The molecule has 1 aliphatic heterocycles. The molecule has 120 valence electrons. The van der Waals surface area contributed by atoms with E-state index in [1.807, 2.05) is 0 Å². The summed E-state index contributed by atoms with van der Waals surface area (Å²) in [6, 6.07) is 1.29. The molecule has 0 aliphatic carbocycles. The highest BCUT2D eigenvalue weighted by Gasteiger charge is 2.30. The average Bonchev–Trinajstić information content (AvgIpc) is 2.37. The summed E-state index contributed by atoms with van der Waals surface area (Å²) in [5, 5.41) is 3.65. The maximum absolute atomic E-state index is 3.65. The van der Waals surface area contributed by atoms with Crippen LogP contribution in [-0.4, -0.2) is 61.2 Å². The third-order valence-corrected chi connectivity index (χ3v) is 4.65. The quantitative estimate of drug-likeness (QED) is 0.739. The molecule has 0 bridgehead atoms. The van der Waals surface area contributed by atoms with E-state index in [4.69, 9.17) is 0 Å². The van der Waals surface area contributed by atoms with Crippen LogP contribution in [0, 0.1) is 5.41 Å². The molecule has 0 amide bonds. The van der Waals surface area contributed by atoms with Gasteiger partial charge in [0.1, 0.15) is 0 Å². The topological polar surface area (TPSA) is 18.5 Å². The fraction of sp³-hybridized carbons (Fsp3) is 1.00. The number of likely N-dealkylation sites (N-methyl/N-ethyl adjacent to an activating group) is 1. The molecule has 1 N–H and O–H groups in total. The summed E-state index contributed by atoms with van der Waals surface area (Å²) in [4.78, 5) is 5.29. The molecule has 0 aromatic heterocycles. The van der Waals surface area contributed by atoms with Gasteiger partial charge in [0, 0.05) is 44.8 Å². The van der Waals surface area contributed by atoms with Gasteiger partial charge in [0.2, 0.25) is 0 Å². The molecule has 3 heteroatoms. The molecule has 0 aromatic carbocycles. The second-order valence-corrected chi connectivity index (χ2v) is 7.31. The standard InChI is InChI=1S/C17H37N3/c1-7-9-17(6,13-18-15(3)4)14-19-10-11-20(8-2)16(5)12-19/h15-16,18H,7-14H2,1-6H3. The molecule has 1 rings (SSSR count). The summed E-state index contributed by atoms with van der Waals surface area (Å²) in [7, 11) is 0. The van der Waals surface area contributed by atoms with Gasteiger partial charge in [0.25, 0.3) is 0 Å².